The van der Waals surface area contributed by atoms with Crippen LogP contribution < -0.4 is 5.32 Å². The van der Waals surface area contributed by atoms with Gasteiger partial charge < -0.3 is 9.84 Å². The summed E-state index contributed by atoms with van der Waals surface area (Å²) in [5.41, 5.74) is 0.586. The van der Waals surface area contributed by atoms with Gasteiger partial charge in [-0.15, -0.1) is 0 Å². The maximum Gasteiger partial charge on any atom is 0.259 e. The number of aromatic nitrogens is 2. The second kappa shape index (κ2) is 5.38. The first kappa shape index (κ1) is 12.7. The molecule has 4 nitrogen and oxygen atoms in total. The lowest BCUT2D eigenvalue weighted by Crippen LogP contribution is -2.28. The molecular formula is C13H13BrFN3O. The molecule has 1 unspecified atom stereocenters. The van der Waals surface area contributed by atoms with Crippen molar-refractivity contribution in [3.8, 4) is 11.5 Å². The van der Waals surface area contributed by atoms with Crippen molar-refractivity contribution in [3.63, 3.8) is 0 Å². The van der Waals surface area contributed by atoms with Crippen LogP contribution in [-0.2, 0) is 0 Å². The van der Waals surface area contributed by atoms with E-state index in [0.29, 0.717) is 21.8 Å². The average Bonchev–Trinajstić information content (AvgIpc) is 2.92. The summed E-state index contributed by atoms with van der Waals surface area (Å²) in [4.78, 5) is 4.39. The van der Waals surface area contributed by atoms with Gasteiger partial charge in [0.15, 0.2) is 5.82 Å². The van der Waals surface area contributed by atoms with Gasteiger partial charge in [-0.05, 0) is 47.4 Å². The molecule has 0 radical (unpaired) electrons. The molecule has 1 aromatic carbocycles. The Hall–Kier alpha value is -1.27. The molecule has 0 spiro atoms. The van der Waals surface area contributed by atoms with E-state index in [9.17, 15) is 4.39 Å². The van der Waals surface area contributed by atoms with Crippen molar-refractivity contribution in [2.24, 2.45) is 0 Å². The van der Waals surface area contributed by atoms with E-state index in [0.717, 1.165) is 25.9 Å². The van der Waals surface area contributed by atoms with Gasteiger partial charge in [0.25, 0.3) is 5.89 Å². The molecule has 0 aliphatic carbocycles. The van der Waals surface area contributed by atoms with Gasteiger partial charge in [-0.3, -0.25) is 0 Å². The number of hydrogen-bond donors (Lipinski definition) is 1. The number of rotatable bonds is 2. The molecule has 6 heteroatoms. The third kappa shape index (κ3) is 2.55. The van der Waals surface area contributed by atoms with E-state index >= 15 is 0 Å². The lowest BCUT2D eigenvalue weighted by Gasteiger charge is -2.19. The fourth-order valence-corrected chi connectivity index (χ4v) is 2.69. The zero-order chi connectivity index (χ0) is 13.2. The summed E-state index contributed by atoms with van der Waals surface area (Å²) >= 11 is 3.21. The summed E-state index contributed by atoms with van der Waals surface area (Å²) in [7, 11) is 0. The Bertz CT molecular complexity index is 581. The van der Waals surface area contributed by atoms with Crippen LogP contribution in [-0.4, -0.2) is 23.2 Å². The number of nitrogens with zero attached hydrogens (tertiary/aromatic N) is 2. The number of piperidine rings is 1. The summed E-state index contributed by atoms with van der Waals surface area (Å²) in [6, 6.07) is 4.76. The highest BCUT2D eigenvalue weighted by atomic mass is 79.9. The van der Waals surface area contributed by atoms with Crippen LogP contribution in [0.3, 0.4) is 0 Å². The monoisotopic (exact) mass is 325 g/mol. The molecule has 2 heterocycles. The first-order valence-corrected chi connectivity index (χ1v) is 7.03. The molecule has 0 saturated carbocycles. The number of halogens is 2. The van der Waals surface area contributed by atoms with Gasteiger partial charge >= 0.3 is 0 Å². The van der Waals surface area contributed by atoms with Gasteiger partial charge in [-0.2, -0.15) is 4.98 Å². The second-order valence-corrected chi connectivity index (χ2v) is 5.40. The predicted octanol–water partition coefficient (Wildman–Crippen LogP) is 3.11. The number of nitrogens with one attached hydrogen (secondary N) is 1. The minimum absolute atomic E-state index is 0.276. The molecule has 2 aromatic rings. The molecule has 100 valence electrons. The summed E-state index contributed by atoms with van der Waals surface area (Å²) in [5, 5.41) is 7.33. The summed E-state index contributed by atoms with van der Waals surface area (Å²) in [5.74, 6) is 0.987. The summed E-state index contributed by atoms with van der Waals surface area (Å²) in [6.07, 6.45) is 2.16. The minimum Gasteiger partial charge on any atom is -0.334 e. The fraction of sp³-hybridized carbons (Fsp3) is 0.385. The van der Waals surface area contributed by atoms with E-state index in [1.807, 2.05) is 0 Å². The number of benzene rings is 1. The zero-order valence-electron chi connectivity index (χ0n) is 10.2. The molecule has 1 fully saturated rings. The molecule has 1 saturated heterocycles. The fourth-order valence-electron chi connectivity index (χ4n) is 2.25. The molecule has 1 aliphatic heterocycles. The van der Waals surface area contributed by atoms with Crippen molar-refractivity contribution >= 4 is 15.9 Å². The van der Waals surface area contributed by atoms with E-state index < -0.39 is 0 Å². The van der Waals surface area contributed by atoms with Crippen LogP contribution in [0.1, 0.15) is 24.6 Å². The molecular weight excluding hydrogens is 313 g/mol. The SMILES string of the molecule is Fc1cccc(-c2nc(C3CCCNC3)no2)c1Br. The highest BCUT2D eigenvalue weighted by molar-refractivity contribution is 9.10. The Labute approximate surface area is 118 Å². The molecule has 1 aliphatic rings. The lowest BCUT2D eigenvalue weighted by atomic mass is 9.99. The minimum atomic E-state index is -0.336. The topological polar surface area (TPSA) is 51.0 Å². The quantitative estimate of drug-likeness (QED) is 0.921. The summed E-state index contributed by atoms with van der Waals surface area (Å²) in [6.45, 7) is 1.90. The van der Waals surface area contributed by atoms with Crippen molar-refractivity contribution in [3.05, 3.63) is 34.3 Å². The van der Waals surface area contributed by atoms with Crippen LogP contribution in [0.15, 0.2) is 27.2 Å². The highest BCUT2D eigenvalue weighted by Crippen LogP contribution is 2.30. The normalized spacial score (nSPS) is 19.6. The van der Waals surface area contributed by atoms with Crippen LogP contribution in [0.5, 0.6) is 0 Å². The smallest absolute Gasteiger partial charge is 0.259 e. The van der Waals surface area contributed by atoms with Gasteiger partial charge in [0, 0.05) is 12.5 Å². The molecule has 0 bridgehead atoms. The van der Waals surface area contributed by atoms with Crippen LogP contribution in [0, 0.1) is 5.82 Å². The van der Waals surface area contributed by atoms with E-state index in [-0.39, 0.29) is 11.7 Å². The maximum absolute atomic E-state index is 13.5. The van der Waals surface area contributed by atoms with Gasteiger partial charge in [0.1, 0.15) is 5.82 Å². The van der Waals surface area contributed by atoms with E-state index in [4.69, 9.17) is 4.52 Å². The van der Waals surface area contributed by atoms with Crippen molar-refractivity contribution < 1.29 is 8.91 Å². The highest BCUT2D eigenvalue weighted by Gasteiger charge is 2.22. The molecule has 1 N–H and O–H groups in total. The zero-order valence-corrected chi connectivity index (χ0v) is 11.8. The first-order chi connectivity index (χ1) is 9.25. The molecule has 19 heavy (non-hydrogen) atoms. The predicted molar refractivity (Wildman–Crippen MR) is 72.2 cm³/mol. The average molecular weight is 326 g/mol. The molecule has 0 amide bonds. The van der Waals surface area contributed by atoms with Gasteiger partial charge in [0.2, 0.25) is 0 Å². The van der Waals surface area contributed by atoms with Gasteiger partial charge in [-0.25, -0.2) is 4.39 Å². The standard InChI is InChI=1S/C13H13BrFN3O/c14-11-9(4-1-5-10(11)15)13-17-12(18-19-13)8-3-2-6-16-7-8/h1,4-5,8,16H,2-3,6-7H2. The Balaban J connectivity index is 1.90. The van der Waals surface area contributed by atoms with E-state index in [1.165, 1.54) is 6.07 Å². The Morgan fingerprint density at radius 1 is 1.42 bits per heavy atom. The van der Waals surface area contributed by atoms with Crippen LogP contribution >= 0.6 is 15.9 Å². The molecule has 1 atom stereocenters. The molecule has 3 rings (SSSR count). The van der Waals surface area contributed by atoms with Crippen molar-refractivity contribution in [1.82, 2.24) is 15.5 Å². The van der Waals surface area contributed by atoms with Crippen LogP contribution in [0.4, 0.5) is 4.39 Å². The lowest BCUT2D eigenvalue weighted by molar-refractivity contribution is 0.393. The second-order valence-electron chi connectivity index (χ2n) is 4.60. The van der Waals surface area contributed by atoms with Crippen LogP contribution in [0.25, 0.3) is 11.5 Å². The van der Waals surface area contributed by atoms with Crippen molar-refractivity contribution in [2.45, 2.75) is 18.8 Å². The summed E-state index contributed by atoms with van der Waals surface area (Å²) < 4.78 is 19.1. The Kier molecular flexibility index (Phi) is 3.61. The Morgan fingerprint density at radius 2 is 2.32 bits per heavy atom. The molecule has 1 aromatic heterocycles. The first-order valence-electron chi connectivity index (χ1n) is 6.24. The maximum atomic E-state index is 13.5. The van der Waals surface area contributed by atoms with Gasteiger partial charge in [-0.1, -0.05) is 11.2 Å². The van der Waals surface area contributed by atoms with E-state index in [2.05, 4.69) is 31.4 Å². The van der Waals surface area contributed by atoms with Crippen LogP contribution in [0.2, 0.25) is 0 Å². The number of hydrogen-bond acceptors (Lipinski definition) is 4. The third-order valence-corrected chi connectivity index (χ3v) is 4.09. The van der Waals surface area contributed by atoms with E-state index in [1.54, 1.807) is 12.1 Å². The van der Waals surface area contributed by atoms with Crippen molar-refractivity contribution in [1.29, 1.82) is 0 Å². The Morgan fingerprint density at radius 3 is 3.11 bits per heavy atom. The van der Waals surface area contributed by atoms with Crippen molar-refractivity contribution in [2.75, 3.05) is 13.1 Å². The largest absolute Gasteiger partial charge is 0.334 e. The third-order valence-electron chi connectivity index (χ3n) is 3.29. The van der Waals surface area contributed by atoms with Gasteiger partial charge in [0.05, 0.1) is 10.0 Å².